The van der Waals surface area contributed by atoms with E-state index in [2.05, 4.69) is 10.1 Å². The number of carbonyl (C=O) groups excluding carboxylic acids is 1. The molecule has 1 unspecified atom stereocenters. The number of ether oxygens (including phenoxy) is 1. The monoisotopic (exact) mass is 288 g/mol. The summed E-state index contributed by atoms with van der Waals surface area (Å²) in [6.45, 7) is -1.32. The molecule has 1 atom stereocenters. The van der Waals surface area contributed by atoms with Crippen molar-refractivity contribution in [2.45, 2.75) is 26.1 Å². The lowest BCUT2D eigenvalue weighted by molar-refractivity contribution is -0.0504. The van der Waals surface area contributed by atoms with Crippen molar-refractivity contribution in [1.29, 1.82) is 0 Å². The summed E-state index contributed by atoms with van der Waals surface area (Å²) in [6, 6.07) is 5.50. The molecular formula is C13H18F2N2O3. The van der Waals surface area contributed by atoms with Crippen LogP contribution < -0.4 is 10.1 Å². The van der Waals surface area contributed by atoms with Gasteiger partial charge in [-0.1, -0.05) is 18.2 Å². The molecule has 112 valence electrons. The molecular weight excluding hydrogens is 270 g/mol. The van der Waals surface area contributed by atoms with Gasteiger partial charge in [0.2, 0.25) is 0 Å². The van der Waals surface area contributed by atoms with Crippen LogP contribution in [0.2, 0.25) is 0 Å². The van der Waals surface area contributed by atoms with Crippen molar-refractivity contribution >= 4 is 6.03 Å². The van der Waals surface area contributed by atoms with E-state index in [1.54, 1.807) is 25.1 Å². The molecule has 2 amide bonds. The molecule has 2 N–H and O–H groups in total. The van der Waals surface area contributed by atoms with Gasteiger partial charge in [0, 0.05) is 19.2 Å². The number of rotatable bonds is 6. The molecule has 0 aliphatic heterocycles. The summed E-state index contributed by atoms with van der Waals surface area (Å²) in [6.07, 6.45) is 0. The minimum absolute atomic E-state index is 0.0284. The van der Waals surface area contributed by atoms with Crippen molar-refractivity contribution in [1.82, 2.24) is 10.2 Å². The van der Waals surface area contributed by atoms with Crippen molar-refractivity contribution in [3.8, 4) is 5.75 Å². The fraction of sp³-hybridized carbons (Fsp3) is 0.462. The molecule has 20 heavy (non-hydrogen) atoms. The summed E-state index contributed by atoms with van der Waals surface area (Å²) in [5, 5.41) is 11.5. The van der Waals surface area contributed by atoms with Crippen LogP contribution in [0.25, 0.3) is 0 Å². The Balaban J connectivity index is 2.63. The predicted octanol–water partition coefficient (Wildman–Crippen LogP) is 1.81. The number of urea groups is 1. The zero-order valence-corrected chi connectivity index (χ0v) is 11.3. The molecule has 0 spiro atoms. The van der Waals surface area contributed by atoms with Crippen LogP contribution in [0.5, 0.6) is 5.75 Å². The largest absolute Gasteiger partial charge is 0.434 e. The van der Waals surface area contributed by atoms with Gasteiger partial charge in [-0.2, -0.15) is 8.78 Å². The Kier molecular flexibility index (Phi) is 6.17. The van der Waals surface area contributed by atoms with E-state index in [4.69, 9.17) is 5.11 Å². The van der Waals surface area contributed by atoms with E-state index in [-0.39, 0.29) is 24.9 Å². The van der Waals surface area contributed by atoms with Crippen molar-refractivity contribution in [3.05, 3.63) is 29.8 Å². The number of alkyl halides is 2. The first-order valence-corrected chi connectivity index (χ1v) is 6.10. The summed E-state index contributed by atoms with van der Waals surface area (Å²) in [5.74, 6) is 0.0284. The second-order valence-corrected chi connectivity index (χ2v) is 4.29. The first-order chi connectivity index (χ1) is 9.45. The van der Waals surface area contributed by atoms with Gasteiger partial charge in [0.1, 0.15) is 5.75 Å². The van der Waals surface area contributed by atoms with Gasteiger partial charge >= 0.3 is 12.6 Å². The van der Waals surface area contributed by atoms with E-state index in [9.17, 15) is 13.6 Å². The molecule has 7 heteroatoms. The number of nitrogens with zero attached hydrogens (tertiary/aromatic N) is 1. The average molecular weight is 288 g/mol. The molecule has 0 saturated heterocycles. The molecule has 0 radical (unpaired) electrons. The molecule has 0 aromatic heterocycles. The highest BCUT2D eigenvalue weighted by atomic mass is 19.3. The topological polar surface area (TPSA) is 61.8 Å². The molecule has 0 aliphatic rings. The first-order valence-electron chi connectivity index (χ1n) is 6.10. The lowest BCUT2D eigenvalue weighted by atomic mass is 10.2. The third-order valence-corrected chi connectivity index (χ3v) is 2.86. The number of amides is 2. The first kappa shape index (κ1) is 16.2. The number of hydrogen-bond donors (Lipinski definition) is 2. The van der Waals surface area contributed by atoms with Crippen LogP contribution in [0, 0.1) is 0 Å². The van der Waals surface area contributed by atoms with Crippen LogP contribution in [-0.4, -0.2) is 42.3 Å². The average Bonchev–Trinajstić information content (AvgIpc) is 2.43. The van der Waals surface area contributed by atoms with E-state index in [1.807, 2.05) is 0 Å². The van der Waals surface area contributed by atoms with Gasteiger partial charge in [0.25, 0.3) is 0 Å². The number of benzene rings is 1. The highest BCUT2D eigenvalue weighted by Gasteiger charge is 2.15. The number of carbonyl (C=O) groups is 1. The lowest BCUT2D eigenvalue weighted by Gasteiger charge is -2.23. The number of para-hydroxylation sites is 1. The smallest absolute Gasteiger partial charge is 0.387 e. The minimum atomic E-state index is -2.91. The Hall–Kier alpha value is -1.89. The van der Waals surface area contributed by atoms with Crippen LogP contribution in [0.3, 0.4) is 0 Å². The summed E-state index contributed by atoms with van der Waals surface area (Å²) >= 11 is 0. The summed E-state index contributed by atoms with van der Waals surface area (Å²) in [5.41, 5.74) is 0.450. The van der Waals surface area contributed by atoms with Gasteiger partial charge in [-0.15, -0.1) is 0 Å². The van der Waals surface area contributed by atoms with Gasteiger partial charge in [0.05, 0.1) is 12.6 Å². The van der Waals surface area contributed by atoms with E-state index in [0.717, 1.165) is 0 Å². The Morgan fingerprint density at radius 1 is 1.45 bits per heavy atom. The maximum atomic E-state index is 12.2. The van der Waals surface area contributed by atoms with E-state index >= 15 is 0 Å². The summed E-state index contributed by atoms with van der Waals surface area (Å²) < 4.78 is 28.8. The molecule has 1 aromatic rings. The van der Waals surface area contributed by atoms with Gasteiger partial charge in [0.15, 0.2) is 0 Å². The zero-order valence-electron chi connectivity index (χ0n) is 11.3. The van der Waals surface area contributed by atoms with E-state index < -0.39 is 12.6 Å². The van der Waals surface area contributed by atoms with Gasteiger partial charge < -0.3 is 20.1 Å². The highest BCUT2D eigenvalue weighted by Crippen LogP contribution is 2.19. The molecule has 0 aliphatic carbocycles. The van der Waals surface area contributed by atoms with Crippen molar-refractivity contribution in [2.24, 2.45) is 0 Å². The van der Waals surface area contributed by atoms with Crippen LogP contribution >= 0.6 is 0 Å². The van der Waals surface area contributed by atoms with Crippen molar-refractivity contribution < 1.29 is 23.4 Å². The van der Waals surface area contributed by atoms with Crippen LogP contribution in [-0.2, 0) is 6.54 Å². The molecule has 5 nitrogen and oxygen atoms in total. The number of halogens is 2. The Bertz CT molecular complexity index is 443. The lowest BCUT2D eigenvalue weighted by Crippen LogP contribution is -2.43. The maximum Gasteiger partial charge on any atom is 0.387 e. The third-order valence-electron chi connectivity index (χ3n) is 2.86. The molecule has 0 bridgehead atoms. The van der Waals surface area contributed by atoms with Gasteiger partial charge in [-0.3, -0.25) is 0 Å². The highest BCUT2D eigenvalue weighted by molar-refractivity contribution is 5.74. The van der Waals surface area contributed by atoms with E-state index in [0.29, 0.717) is 5.56 Å². The minimum Gasteiger partial charge on any atom is -0.434 e. The maximum absolute atomic E-state index is 12.2. The Morgan fingerprint density at radius 3 is 2.70 bits per heavy atom. The number of likely N-dealkylation sites (N-methyl/N-ethyl adjacent to an activating group) is 1. The molecule has 0 heterocycles. The second kappa shape index (κ2) is 7.64. The van der Waals surface area contributed by atoms with Crippen LogP contribution in [0.15, 0.2) is 24.3 Å². The van der Waals surface area contributed by atoms with Gasteiger partial charge in [-0.25, -0.2) is 4.79 Å². The summed E-state index contributed by atoms with van der Waals surface area (Å²) in [4.78, 5) is 13.1. The number of aliphatic hydroxyl groups excluding tert-OH is 1. The molecule has 0 fully saturated rings. The number of aliphatic hydroxyl groups is 1. The standard InChI is InChI=1S/C13H18F2N2O3/c1-9(8-18)17(2)13(19)16-7-10-5-3-4-6-11(10)20-12(14)15/h3-6,9,12,18H,7-8H2,1-2H3,(H,16,19). The summed E-state index contributed by atoms with van der Waals surface area (Å²) in [7, 11) is 1.54. The fourth-order valence-corrected chi connectivity index (χ4v) is 1.48. The molecule has 0 saturated carbocycles. The van der Waals surface area contributed by atoms with Crippen molar-refractivity contribution in [3.63, 3.8) is 0 Å². The molecule has 1 aromatic carbocycles. The second-order valence-electron chi connectivity index (χ2n) is 4.29. The van der Waals surface area contributed by atoms with Gasteiger partial charge in [-0.05, 0) is 13.0 Å². The Morgan fingerprint density at radius 2 is 2.10 bits per heavy atom. The van der Waals surface area contributed by atoms with Crippen LogP contribution in [0.4, 0.5) is 13.6 Å². The van der Waals surface area contributed by atoms with Crippen LogP contribution in [0.1, 0.15) is 12.5 Å². The third kappa shape index (κ3) is 4.65. The van der Waals surface area contributed by atoms with E-state index in [1.165, 1.54) is 18.0 Å². The fourth-order valence-electron chi connectivity index (χ4n) is 1.48. The number of hydrogen-bond acceptors (Lipinski definition) is 3. The normalized spacial score (nSPS) is 12.1. The SMILES string of the molecule is CC(CO)N(C)C(=O)NCc1ccccc1OC(F)F. The predicted molar refractivity (Wildman–Crippen MR) is 69.6 cm³/mol. The Labute approximate surface area is 116 Å². The quantitative estimate of drug-likeness (QED) is 0.839. The van der Waals surface area contributed by atoms with Crippen molar-refractivity contribution in [2.75, 3.05) is 13.7 Å². The number of nitrogens with one attached hydrogen (secondary N) is 1. The molecule has 1 rings (SSSR count). The zero-order chi connectivity index (χ0) is 15.1.